The third-order valence-electron chi connectivity index (χ3n) is 3.69. The molecule has 0 radical (unpaired) electrons. The number of halogens is 2. The Kier molecular flexibility index (Phi) is 5.71. The van der Waals surface area contributed by atoms with Crippen LogP contribution in [0, 0.1) is 6.92 Å². The van der Waals surface area contributed by atoms with Crippen LogP contribution in [0.2, 0.25) is 10.0 Å². The minimum atomic E-state index is -0.362. The second kappa shape index (κ2) is 8.17. The summed E-state index contributed by atoms with van der Waals surface area (Å²) in [4.78, 5) is 20.6. The fraction of sp³-hybridized carbons (Fsp3) is 0.105. The highest BCUT2D eigenvalue weighted by atomic mass is 35.5. The molecule has 26 heavy (non-hydrogen) atoms. The number of amides is 1. The molecule has 0 saturated carbocycles. The Morgan fingerprint density at radius 3 is 2.42 bits per heavy atom. The van der Waals surface area contributed by atoms with E-state index in [2.05, 4.69) is 20.6 Å². The van der Waals surface area contributed by atoms with Crippen molar-refractivity contribution in [1.82, 2.24) is 9.97 Å². The molecule has 5 nitrogen and oxygen atoms in total. The average molecular weight is 387 g/mol. The van der Waals surface area contributed by atoms with Gasteiger partial charge in [-0.1, -0.05) is 59.1 Å². The van der Waals surface area contributed by atoms with E-state index in [1.165, 1.54) is 18.0 Å². The van der Waals surface area contributed by atoms with Crippen LogP contribution in [0.25, 0.3) is 0 Å². The summed E-state index contributed by atoms with van der Waals surface area (Å²) in [5.41, 5.74) is 3.09. The molecule has 1 aromatic heterocycles. The minimum absolute atomic E-state index is 0.291. The molecule has 2 aromatic carbocycles. The summed E-state index contributed by atoms with van der Waals surface area (Å²) in [6.45, 7) is 2.64. The van der Waals surface area contributed by atoms with Crippen LogP contribution in [-0.2, 0) is 6.54 Å². The molecular weight excluding hydrogens is 371 g/mol. The van der Waals surface area contributed by atoms with Crippen molar-refractivity contribution in [3.05, 3.63) is 81.6 Å². The molecule has 1 amide bonds. The first kappa shape index (κ1) is 18.2. The summed E-state index contributed by atoms with van der Waals surface area (Å²) in [6.07, 6.45) is 2.91. The van der Waals surface area contributed by atoms with Crippen molar-refractivity contribution in [2.45, 2.75) is 13.5 Å². The normalized spacial score (nSPS) is 10.4. The van der Waals surface area contributed by atoms with Gasteiger partial charge in [-0.2, -0.15) is 0 Å². The Labute approximate surface area is 161 Å². The van der Waals surface area contributed by atoms with Crippen LogP contribution in [0.15, 0.2) is 54.9 Å². The summed E-state index contributed by atoms with van der Waals surface area (Å²) in [5.74, 6) is 0.0853. The standard InChI is InChI=1S/C19H16Cl2N4O/c1-12-5-7-13(8-6-12)9-22-19-23-10-14(11-24-19)18(26)25-16-4-2-3-15(20)17(16)21/h2-8,10-11H,9H2,1H3,(H,25,26)(H,22,23,24). The van der Waals surface area contributed by atoms with E-state index in [1.807, 2.05) is 31.2 Å². The highest BCUT2D eigenvalue weighted by Crippen LogP contribution is 2.29. The number of benzene rings is 2. The second-order valence-electron chi connectivity index (χ2n) is 5.69. The second-order valence-corrected chi connectivity index (χ2v) is 6.48. The molecule has 3 rings (SSSR count). The van der Waals surface area contributed by atoms with Crippen molar-refractivity contribution >= 4 is 40.7 Å². The number of nitrogens with zero attached hydrogens (tertiary/aromatic N) is 2. The van der Waals surface area contributed by atoms with Gasteiger partial charge in [0.25, 0.3) is 5.91 Å². The molecule has 0 aliphatic rings. The van der Waals surface area contributed by atoms with Crippen molar-refractivity contribution in [1.29, 1.82) is 0 Å². The monoisotopic (exact) mass is 386 g/mol. The summed E-state index contributed by atoms with van der Waals surface area (Å²) < 4.78 is 0. The summed E-state index contributed by atoms with van der Waals surface area (Å²) in [6, 6.07) is 13.2. The zero-order valence-corrected chi connectivity index (χ0v) is 15.5. The summed E-state index contributed by atoms with van der Waals surface area (Å²) in [5, 5.41) is 6.48. The predicted molar refractivity (Wildman–Crippen MR) is 105 cm³/mol. The van der Waals surface area contributed by atoms with Crippen molar-refractivity contribution in [3.8, 4) is 0 Å². The van der Waals surface area contributed by atoms with Gasteiger partial charge in [-0.3, -0.25) is 4.79 Å². The number of carbonyl (C=O) groups excluding carboxylic acids is 1. The number of aryl methyl sites for hydroxylation is 1. The Balaban J connectivity index is 1.62. The van der Waals surface area contributed by atoms with E-state index >= 15 is 0 Å². The number of hydrogen-bond donors (Lipinski definition) is 2. The summed E-state index contributed by atoms with van der Waals surface area (Å²) >= 11 is 12.0. The molecule has 2 N–H and O–H groups in total. The van der Waals surface area contributed by atoms with Crippen molar-refractivity contribution in [3.63, 3.8) is 0 Å². The zero-order valence-electron chi connectivity index (χ0n) is 14.0. The predicted octanol–water partition coefficient (Wildman–Crippen LogP) is 4.96. The molecule has 0 unspecified atom stereocenters. The van der Waals surface area contributed by atoms with E-state index in [0.717, 1.165) is 5.56 Å². The average Bonchev–Trinajstić information content (AvgIpc) is 2.65. The highest BCUT2D eigenvalue weighted by Gasteiger charge is 2.11. The molecule has 132 valence electrons. The van der Waals surface area contributed by atoms with E-state index in [4.69, 9.17) is 23.2 Å². The lowest BCUT2D eigenvalue weighted by atomic mass is 10.1. The SMILES string of the molecule is Cc1ccc(CNc2ncc(C(=O)Nc3cccc(Cl)c3Cl)cn2)cc1. The molecule has 0 bridgehead atoms. The summed E-state index contributed by atoms with van der Waals surface area (Å²) in [7, 11) is 0. The lowest BCUT2D eigenvalue weighted by Gasteiger charge is -2.09. The first-order chi connectivity index (χ1) is 12.5. The first-order valence-electron chi connectivity index (χ1n) is 7.90. The molecule has 0 aliphatic carbocycles. The fourth-order valence-electron chi connectivity index (χ4n) is 2.22. The van der Waals surface area contributed by atoms with Crippen LogP contribution >= 0.6 is 23.2 Å². The Morgan fingerprint density at radius 1 is 1.04 bits per heavy atom. The lowest BCUT2D eigenvalue weighted by molar-refractivity contribution is 0.102. The van der Waals surface area contributed by atoms with Crippen molar-refractivity contribution in [2.24, 2.45) is 0 Å². The van der Waals surface area contributed by atoms with Crippen LogP contribution < -0.4 is 10.6 Å². The van der Waals surface area contributed by atoms with Gasteiger partial charge >= 0.3 is 0 Å². The van der Waals surface area contributed by atoms with Gasteiger partial charge in [-0.05, 0) is 24.6 Å². The van der Waals surface area contributed by atoms with Crippen LogP contribution in [-0.4, -0.2) is 15.9 Å². The van der Waals surface area contributed by atoms with Gasteiger partial charge < -0.3 is 10.6 Å². The Hall–Kier alpha value is -2.63. The molecule has 0 fully saturated rings. The smallest absolute Gasteiger partial charge is 0.258 e. The molecule has 0 saturated heterocycles. The maximum atomic E-state index is 12.3. The molecule has 0 aliphatic heterocycles. The highest BCUT2D eigenvalue weighted by molar-refractivity contribution is 6.44. The molecule has 3 aromatic rings. The van der Waals surface area contributed by atoms with Crippen LogP contribution in [0.4, 0.5) is 11.6 Å². The Morgan fingerprint density at radius 2 is 1.73 bits per heavy atom. The number of nitrogens with one attached hydrogen (secondary N) is 2. The molecular formula is C19H16Cl2N4O. The Bertz CT molecular complexity index is 912. The van der Waals surface area contributed by atoms with E-state index in [0.29, 0.717) is 33.8 Å². The molecule has 0 atom stereocenters. The van der Waals surface area contributed by atoms with E-state index in [-0.39, 0.29) is 5.91 Å². The lowest BCUT2D eigenvalue weighted by Crippen LogP contribution is -2.13. The number of hydrogen-bond acceptors (Lipinski definition) is 4. The van der Waals surface area contributed by atoms with E-state index in [9.17, 15) is 4.79 Å². The van der Waals surface area contributed by atoms with Gasteiger partial charge in [0.2, 0.25) is 5.95 Å². The molecule has 0 spiro atoms. The van der Waals surface area contributed by atoms with Crippen molar-refractivity contribution < 1.29 is 4.79 Å². The minimum Gasteiger partial charge on any atom is -0.350 e. The largest absolute Gasteiger partial charge is 0.350 e. The van der Waals surface area contributed by atoms with Gasteiger partial charge in [-0.25, -0.2) is 9.97 Å². The molecule has 1 heterocycles. The quantitative estimate of drug-likeness (QED) is 0.650. The third kappa shape index (κ3) is 4.50. The van der Waals surface area contributed by atoms with Crippen LogP contribution in [0.3, 0.4) is 0 Å². The number of carbonyl (C=O) groups is 1. The number of rotatable bonds is 5. The van der Waals surface area contributed by atoms with Crippen molar-refractivity contribution in [2.75, 3.05) is 10.6 Å². The van der Waals surface area contributed by atoms with Gasteiger partial charge in [0, 0.05) is 18.9 Å². The van der Waals surface area contributed by atoms with Crippen LogP contribution in [0.5, 0.6) is 0 Å². The maximum Gasteiger partial charge on any atom is 0.258 e. The fourth-order valence-corrected chi connectivity index (χ4v) is 2.57. The van der Waals surface area contributed by atoms with Gasteiger partial charge in [0.05, 0.1) is 21.3 Å². The van der Waals surface area contributed by atoms with Crippen LogP contribution in [0.1, 0.15) is 21.5 Å². The van der Waals surface area contributed by atoms with Gasteiger partial charge in [0.15, 0.2) is 0 Å². The zero-order chi connectivity index (χ0) is 18.5. The third-order valence-corrected chi connectivity index (χ3v) is 4.50. The first-order valence-corrected chi connectivity index (χ1v) is 8.65. The topological polar surface area (TPSA) is 66.9 Å². The van der Waals surface area contributed by atoms with E-state index in [1.54, 1.807) is 18.2 Å². The van der Waals surface area contributed by atoms with E-state index < -0.39 is 0 Å². The molecule has 7 heteroatoms. The van der Waals surface area contributed by atoms with Gasteiger partial charge in [-0.15, -0.1) is 0 Å². The number of aromatic nitrogens is 2. The number of anilines is 2. The maximum absolute atomic E-state index is 12.3. The van der Waals surface area contributed by atoms with Gasteiger partial charge in [0.1, 0.15) is 0 Å².